The number of hydrogen-bond acceptors (Lipinski definition) is 2. The Morgan fingerprint density at radius 3 is 2.20 bits per heavy atom. The minimum Gasteiger partial charge on any atom is -0.190 e. The van der Waals surface area contributed by atoms with E-state index in [0.29, 0.717) is 4.90 Å². The molecular formula is C7H7NOS. The van der Waals surface area contributed by atoms with Crippen LogP contribution in [0.5, 0.6) is 0 Å². The topological polar surface area (TPSA) is 40.9 Å². The molecule has 0 radical (unpaired) electrons. The van der Waals surface area contributed by atoms with Crippen LogP contribution in [-0.2, 0) is 10.4 Å². The first-order valence-electron chi connectivity index (χ1n) is 2.87. The van der Waals surface area contributed by atoms with Gasteiger partial charge in [0.05, 0.1) is 4.90 Å². The van der Waals surface area contributed by atoms with Gasteiger partial charge in [0.15, 0.2) is 10.4 Å². The Kier molecular flexibility index (Phi) is 1.90. The van der Waals surface area contributed by atoms with Crippen molar-refractivity contribution in [1.82, 2.24) is 0 Å². The Morgan fingerprint density at radius 2 is 1.80 bits per heavy atom. The van der Waals surface area contributed by atoms with Crippen molar-refractivity contribution in [3.05, 3.63) is 29.8 Å². The van der Waals surface area contributed by atoms with E-state index < -0.39 is 10.4 Å². The van der Waals surface area contributed by atoms with Gasteiger partial charge in [-0.1, -0.05) is 17.7 Å². The van der Waals surface area contributed by atoms with E-state index in [1.807, 2.05) is 19.1 Å². The average molecular weight is 153 g/mol. The van der Waals surface area contributed by atoms with Crippen LogP contribution in [0.1, 0.15) is 5.56 Å². The van der Waals surface area contributed by atoms with Crippen molar-refractivity contribution >= 4 is 10.4 Å². The van der Waals surface area contributed by atoms with E-state index >= 15 is 0 Å². The van der Waals surface area contributed by atoms with Gasteiger partial charge in [0.2, 0.25) is 0 Å². The van der Waals surface area contributed by atoms with Gasteiger partial charge in [-0.15, -0.1) is 4.61 Å². The average Bonchev–Trinajstić information content (AvgIpc) is 1.88. The molecule has 2 nitrogen and oxygen atoms in total. The van der Waals surface area contributed by atoms with Gasteiger partial charge >= 0.3 is 0 Å². The maximum absolute atomic E-state index is 10.4. The summed E-state index contributed by atoms with van der Waals surface area (Å²) in [4.78, 5) is 0.450. The van der Waals surface area contributed by atoms with Gasteiger partial charge in [0.1, 0.15) is 0 Å². The quantitative estimate of drug-likeness (QED) is 0.567. The summed E-state index contributed by atoms with van der Waals surface area (Å²) < 4.78 is 19.0. The SMILES string of the molecule is Cc1ccc(S(#N)=O)cc1. The monoisotopic (exact) mass is 153 g/mol. The van der Waals surface area contributed by atoms with Crippen molar-refractivity contribution < 1.29 is 4.21 Å². The minimum atomic E-state index is -1.84. The fourth-order valence-corrected chi connectivity index (χ4v) is 1.02. The van der Waals surface area contributed by atoms with Crippen molar-refractivity contribution in [3.8, 4) is 0 Å². The molecule has 0 N–H and O–H groups in total. The fourth-order valence-electron chi connectivity index (χ4n) is 0.655. The van der Waals surface area contributed by atoms with Gasteiger partial charge in [-0.3, -0.25) is 0 Å². The fraction of sp³-hybridized carbons (Fsp3) is 0.143. The lowest BCUT2D eigenvalue weighted by atomic mass is 10.2. The van der Waals surface area contributed by atoms with Crippen LogP contribution in [0.3, 0.4) is 0 Å². The van der Waals surface area contributed by atoms with Gasteiger partial charge in [0, 0.05) is 0 Å². The van der Waals surface area contributed by atoms with E-state index in [1.54, 1.807) is 12.1 Å². The van der Waals surface area contributed by atoms with Crippen LogP contribution in [0.15, 0.2) is 29.2 Å². The molecule has 1 aromatic rings. The van der Waals surface area contributed by atoms with E-state index in [4.69, 9.17) is 4.61 Å². The second kappa shape index (κ2) is 2.69. The second-order valence-electron chi connectivity index (χ2n) is 2.06. The summed E-state index contributed by atoms with van der Waals surface area (Å²) in [6, 6.07) is 6.91. The van der Waals surface area contributed by atoms with Gasteiger partial charge in [-0.2, -0.15) is 4.21 Å². The summed E-state index contributed by atoms with van der Waals surface area (Å²) in [5, 5.41) is 0. The highest BCUT2D eigenvalue weighted by Crippen LogP contribution is 2.02. The molecule has 0 heterocycles. The van der Waals surface area contributed by atoms with Crippen LogP contribution >= 0.6 is 0 Å². The third kappa shape index (κ3) is 1.47. The summed E-state index contributed by atoms with van der Waals surface area (Å²) in [5.74, 6) is 0. The van der Waals surface area contributed by atoms with E-state index in [9.17, 15) is 4.21 Å². The number of rotatable bonds is 0. The largest absolute Gasteiger partial charge is 0.194 e. The first kappa shape index (κ1) is 7.06. The van der Waals surface area contributed by atoms with Crippen molar-refractivity contribution in [2.45, 2.75) is 11.8 Å². The molecule has 1 rings (SSSR count). The predicted octanol–water partition coefficient (Wildman–Crippen LogP) is 1.58. The molecule has 0 aliphatic rings. The van der Waals surface area contributed by atoms with Gasteiger partial charge in [-0.25, -0.2) is 0 Å². The van der Waals surface area contributed by atoms with E-state index in [0.717, 1.165) is 5.56 Å². The van der Waals surface area contributed by atoms with E-state index in [2.05, 4.69) is 0 Å². The Bertz CT molecular complexity index is 335. The second-order valence-corrected chi connectivity index (χ2v) is 3.03. The first-order valence-corrected chi connectivity index (χ1v) is 3.98. The molecule has 0 unspecified atom stereocenters. The zero-order chi connectivity index (χ0) is 7.56. The molecular weight excluding hydrogens is 146 g/mol. The summed E-state index contributed by atoms with van der Waals surface area (Å²) in [6.07, 6.45) is 0. The summed E-state index contributed by atoms with van der Waals surface area (Å²) >= 11 is 0. The van der Waals surface area contributed by atoms with Gasteiger partial charge < -0.3 is 0 Å². The summed E-state index contributed by atoms with van der Waals surface area (Å²) in [7, 11) is -1.84. The molecule has 52 valence electrons. The lowest BCUT2D eigenvalue weighted by Crippen LogP contribution is -1.75. The maximum atomic E-state index is 10.4. The van der Waals surface area contributed by atoms with Crippen LogP contribution < -0.4 is 0 Å². The Hall–Kier alpha value is -1.05. The zero-order valence-electron chi connectivity index (χ0n) is 5.57. The van der Waals surface area contributed by atoms with Crippen LogP contribution in [0.4, 0.5) is 0 Å². The van der Waals surface area contributed by atoms with Crippen LogP contribution in [0.2, 0.25) is 0 Å². The predicted molar refractivity (Wildman–Crippen MR) is 39.3 cm³/mol. The van der Waals surface area contributed by atoms with Gasteiger partial charge in [-0.05, 0) is 19.1 Å². The van der Waals surface area contributed by atoms with Crippen molar-refractivity contribution in [2.75, 3.05) is 0 Å². The van der Waals surface area contributed by atoms with Crippen LogP contribution in [0.25, 0.3) is 0 Å². The maximum Gasteiger partial charge on any atom is 0.194 e. The Morgan fingerprint density at radius 1 is 1.30 bits per heavy atom. The molecule has 0 bridgehead atoms. The molecule has 0 aliphatic heterocycles. The molecule has 0 aliphatic carbocycles. The summed E-state index contributed by atoms with van der Waals surface area (Å²) in [5.41, 5.74) is 1.09. The summed E-state index contributed by atoms with van der Waals surface area (Å²) in [6.45, 7) is 1.93. The van der Waals surface area contributed by atoms with Crippen molar-refractivity contribution in [2.24, 2.45) is 0 Å². The smallest absolute Gasteiger partial charge is 0.190 e. The normalized spacial score (nSPS) is 9.20. The molecule has 3 heteroatoms. The standard InChI is InChI=1S/C7H7NOS/c1-6-2-4-7(5-3-6)10(8)9/h2-5H,1H3. The third-order valence-electron chi connectivity index (χ3n) is 1.22. The number of benzene rings is 1. The Balaban J connectivity index is 3.16. The molecule has 0 fully saturated rings. The van der Waals surface area contributed by atoms with E-state index in [-0.39, 0.29) is 0 Å². The number of hydrogen-bond donors (Lipinski definition) is 0. The zero-order valence-corrected chi connectivity index (χ0v) is 6.39. The lowest BCUT2D eigenvalue weighted by Gasteiger charge is -1.88. The molecule has 0 atom stereocenters. The molecule has 10 heavy (non-hydrogen) atoms. The van der Waals surface area contributed by atoms with Crippen molar-refractivity contribution in [1.29, 1.82) is 4.61 Å². The highest BCUT2D eigenvalue weighted by atomic mass is 32.2. The number of aryl methyl sites for hydroxylation is 1. The Labute approximate surface area is 61.6 Å². The highest BCUT2D eigenvalue weighted by Gasteiger charge is 1.90. The minimum absolute atomic E-state index is 0.450. The van der Waals surface area contributed by atoms with Gasteiger partial charge in [0.25, 0.3) is 0 Å². The van der Waals surface area contributed by atoms with E-state index in [1.165, 1.54) is 0 Å². The molecule has 0 spiro atoms. The molecule has 0 saturated heterocycles. The molecule has 1 aromatic carbocycles. The van der Waals surface area contributed by atoms with Crippen LogP contribution in [-0.4, -0.2) is 4.21 Å². The highest BCUT2D eigenvalue weighted by molar-refractivity contribution is 7.71. The van der Waals surface area contributed by atoms with Crippen LogP contribution in [0, 0.1) is 11.5 Å². The first-order chi connectivity index (χ1) is 4.70. The molecule has 0 amide bonds. The van der Waals surface area contributed by atoms with Crippen molar-refractivity contribution in [3.63, 3.8) is 0 Å². The molecule has 0 aromatic heterocycles. The number of nitrogens with zero attached hydrogens (tertiary/aromatic N) is 1. The lowest BCUT2D eigenvalue weighted by molar-refractivity contribution is 0.689. The third-order valence-corrected chi connectivity index (χ3v) is 1.90. The molecule has 0 saturated carbocycles.